The molecule has 0 saturated carbocycles. The predicted octanol–water partition coefficient (Wildman–Crippen LogP) is 4.23. The number of nitrogens with one attached hydrogen (secondary N) is 1. The first-order valence-electron chi connectivity index (χ1n) is 7.05. The van der Waals surface area contributed by atoms with E-state index in [4.69, 9.17) is 11.6 Å². The molecule has 0 amide bonds. The Morgan fingerprint density at radius 3 is 2.71 bits per heavy atom. The summed E-state index contributed by atoms with van der Waals surface area (Å²) in [6.07, 6.45) is 0. The third kappa shape index (κ3) is 4.45. The van der Waals surface area contributed by atoms with Crippen molar-refractivity contribution in [2.24, 2.45) is 0 Å². The van der Waals surface area contributed by atoms with Crippen LogP contribution in [0.2, 0.25) is 5.02 Å². The van der Waals surface area contributed by atoms with Crippen molar-refractivity contribution in [2.45, 2.75) is 20.0 Å². The number of anilines is 1. The standard InChI is InChI=1S/C17H20ClFN2/c1-3-20-11-14-10-16(19)7-8-17(14)21(2)12-13-5-4-6-15(18)9-13/h4-10,20H,3,11-12H2,1-2H3. The monoisotopic (exact) mass is 306 g/mol. The zero-order valence-corrected chi connectivity index (χ0v) is 13.1. The van der Waals surface area contributed by atoms with Crippen molar-refractivity contribution >= 4 is 17.3 Å². The van der Waals surface area contributed by atoms with Crippen LogP contribution >= 0.6 is 11.6 Å². The lowest BCUT2D eigenvalue weighted by Gasteiger charge is -2.23. The van der Waals surface area contributed by atoms with Crippen LogP contribution in [0.4, 0.5) is 10.1 Å². The molecule has 0 aromatic heterocycles. The van der Waals surface area contributed by atoms with E-state index in [2.05, 4.69) is 10.2 Å². The average Bonchev–Trinajstić information content (AvgIpc) is 2.45. The molecule has 2 nitrogen and oxygen atoms in total. The highest BCUT2D eigenvalue weighted by molar-refractivity contribution is 6.30. The molecule has 2 aromatic carbocycles. The molecule has 1 N–H and O–H groups in total. The van der Waals surface area contributed by atoms with E-state index in [0.717, 1.165) is 34.9 Å². The highest BCUT2D eigenvalue weighted by Gasteiger charge is 2.09. The van der Waals surface area contributed by atoms with Gasteiger partial charge in [-0.3, -0.25) is 0 Å². The van der Waals surface area contributed by atoms with Gasteiger partial charge in [0.2, 0.25) is 0 Å². The van der Waals surface area contributed by atoms with Gasteiger partial charge in [-0.2, -0.15) is 0 Å². The molecule has 4 heteroatoms. The largest absolute Gasteiger partial charge is 0.370 e. The zero-order valence-electron chi connectivity index (χ0n) is 12.4. The maximum Gasteiger partial charge on any atom is 0.123 e. The molecule has 0 bridgehead atoms. The van der Waals surface area contributed by atoms with Crippen LogP contribution in [0.3, 0.4) is 0 Å². The third-order valence-electron chi connectivity index (χ3n) is 3.33. The van der Waals surface area contributed by atoms with Crippen LogP contribution in [0.5, 0.6) is 0 Å². The molecule has 0 atom stereocenters. The second-order valence-corrected chi connectivity index (χ2v) is 5.48. The molecule has 0 heterocycles. The van der Waals surface area contributed by atoms with Crippen LogP contribution < -0.4 is 10.2 Å². The molecule has 0 aliphatic carbocycles. The Balaban J connectivity index is 2.19. The molecule has 0 aliphatic rings. The van der Waals surface area contributed by atoms with E-state index in [1.54, 1.807) is 6.07 Å². The van der Waals surface area contributed by atoms with Crippen molar-refractivity contribution in [2.75, 3.05) is 18.5 Å². The van der Waals surface area contributed by atoms with E-state index in [-0.39, 0.29) is 5.82 Å². The highest BCUT2D eigenvalue weighted by Crippen LogP contribution is 2.23. The summed E-state index contributed by atoms with van der Waals surface area (Å²) in [6.45, 7) is 4.28. The van der Waals surface area contributed by atoms with Crippen molar-refractivity contribution < 1.29 is 4.39 Å². The number of rotatable bonds is 6. The SMILES string of the molecule is CCNCc1cc(F)ccc1N(C)Cc1cccc(Cl)c1. The first kappa shape index (κ1) is 15.8. The van der Waals surface area contributed by atoms with Gasteiger partial charge in [0.25, 0.3) is 0 Å². The Hall–Kier alpha value is -1.58. The molecule has 2 aromatic rings. The maximum absolute atomic E-state index is 13.5. The van der Waals surface area contributed by atoms with Crippen LogP contribution in [0.15, 0.2) is 42.5 Å². The fourth-order valence-corrected chi connectivity index (χ4v) is 2.53. The van der Waals surface area contributed by atoms with Gasteiger partial charge in [-0.05, 0) is 48.0 Å². The molecule has 0 spiro atoms. The van der Waals surface area contributed by atoms with Crippen LogP contribution in [0.1, 0.15) is 18.1 Å². The van der Waals surface area contributed by atoms with Gasteiger partial charge in [-0.25, -0.2) is 4.39 Å². The van der Waals surface area contributed by atoms with Gasteiger partial charge in [-0.15, -0.1) is 0 Å². The number of nitrogens with zero attached hydrogens (tertiary/aromatic N) is 1. The summed E-state index contributed by atoms with van der Waals surface area (Å²) >= 11 is 6.02. The molecule has 0 radical (unpaired) electrons. The first-order valence-corrected chi connectivity index (χ1v) is 7.42. The summed E-state index contributed by atoms with van der Waals surface area (Å²) in [5, 5.41) is 3.98. The van der Waals surface area contributed by atoms with Crippen LogP contribution in [-0.2, 0) is 13.1 Å². The lowest BCUT2D eigenvalue weighted by atomic mass is 10.1. The van der Waals surface area contributed by atoms with Gasteiger partial charge in [-0.1, -0.05) is 30.7 Å². The Morgan fingerprint density at radius 2 is 2.00 bits per heavy atom. The van der Waals surface area contributed by atoms with Gasteiger partial charge >= 0.3 is 0 Å². The van der Waals surface area contributed by atoms with Crippen LogP contribution in [-0.4, -0.2) is 13.6 Å². The van der Waals surface area contributed by atoms with E-state index in [9.17, 15) is 4.39 Å². The fourth-order valence-electron chi connectivity index (χ4n) is 2.32. The summed E-state index contributed by atoms with van der Waals surface area (Å²) in [6, 6.07) is 12.7. The normalized spacial score (nSPS) is 10.7. The molecule has 0 fully saturated rings. The lowest BCUT2D eigenvalue weighted by molar-refractivity contribution is 0.621. The average molecular weight is 307 g/mol. The minimum atomic E-state index is -0.206. The number of hydrogen-bond donors (Lipinski definition) is 1. The van der Waals surface area contributed by atoms with E-state index in [0.29, 0.717) is 6.54 Å². The van der Waals surface area contributed by atoms with Crippen molar-refractivity contribution in [3.05, 3.63) is 64.4 Å². The smallest absolute Gasteiger partial charge is 0.123 e. The Morgan fingerprint density at radius 1 is 1.19 bits per heavy atom. The number of hydrogen-bond acceptors (Lipinski definition) is 2. The number of halogens is 2. The van der Waals surface area contributed by atoms with Crippen molar-refractivity contribution in [3.63, 3.8) is 0 Å². The second kappa shape index (κ2) is 7.43. The highest BCUT2D eigenvalue weighted by atomic mass is 35.5. The Kier molecular flexibility index (Phi) is 5.59. The van der Waals surface area contributed by atoms with E-state index >= 15 is 0 Å². The molecular weight excluding hydrogens is 287 g/mol. The summed E-state index contributed by atoms with van der Waals surface area (Å²) < 4.78 is 13.5. The van der Waals surface area contributed by atoms with E-state index in [1.165, 1.54) is 6.07 Å². The van der Waals surface area contributed by atoms with Gasteiger partial charge in [0, 0.05) is 30.8 Å². The van der Waals surface area contributed by atoms with E-state index < -0.39 is 0 Å². The molecule has 2 rings (SSSR count). The summed E-state index contributed by atoms with van der Waals surface area (Å²) in [5.41, 5.74) is 3.11. The molecule has 0 aliphatic heterocycles. The Bertz CT molecular complexity index is 601. The first-order chi connectivity index (χ1) is 10.1. The quantitative estimate of drug-likeness (QED) is 0.859. The second-order valence-electron chi connectivity index (χ2n) is 5.04. The zero-order chi connectivity index (χ0) is 15.2. The predicted molar refractivity (Wildman–Crippen MR) is 87.3 cm³/mol. The fraction of sp³-hybridized carbons (Fsp3) is 0.294. The topological polar surface area (TPSA) is 15.3 Å². The summed E-state index contributed by atoms with van der Waals surface area (Å²) in [5.74, 6) is -0.206. The van der Waals surface area contributed by atoms with Crippen LogP contribution in [0, 0.1) is 5.82 Å². The number of benzene rings is 2. The van der Waals surface area contributed by atoms with Gasteiger partial charge in [0.1, 0.15) is 5.82 Å². The molecular formula is C17H20ClFN2. The molecule has 112 valence electrons. The van der Waals surface area contributed by atoms with Gasteiger partial charge < -0.3 is 10.2 Å². The third-order valence-corrected chi connectivity index (χ3v) is 3.56. The Labute approximate surface area is 130 Å². The summed E-state index contributed by atoms with van der Waals surface area (Å²) in [4.78, 5) is 2.11. The lowest BCUT2D eigenvalue weighted by Crippen LogP contribution is -2.20. The minimum absolute atomic E-state index is 0.206. The minimum Gasteiger partial charge on any atom is -0.370 e. The van der Waals surface area contributed by atoms with E-state index in [1.807, 2.05) is 44.3 Å². The van der Waals surface area contributed by atoms with Crippen molar-refractivity contribution in [1.82, 2.24) is 5.32 Å². The maximum atomic E-state index is 13.5. The molecule has 21 heavy (non-hydrogen) atoms. The van der Waals surface area contributed by atoms with Crippen molar-refractivity contribution in [3.8, 4) is 0 Å². The van der Waals surface area contributed by atoms with Crippen molar-refractivity contribution in [1.29, 1.82) is 0 Å². The molecule has 0 unspecified atom stereocenters. The molecule has 0 saturated heterocycles. The van der Waals surface area contributed by atoms with Gasteiger partial charge in [0.05, 0.1) is 0 Å². The van der Waals surface area contributed by atoms with Crippen LogP contribution in [0.25, 0.3) is 0 Å². The summed E-state index contributed by atoms with van der Waals surface area (Å²) in [7, 11) is 2.00. The van der Waals surface area contributed by atoms with Gasteiger partial charge in [0.15, 0.2) is 0 Å².